The number of rotatable bonds is 3. The van der Waals surface area contributed by atoms with E-state index in [1.807, 2.05) is 0 Å². The van der Waals surface area contributed by atoms with E-state index in [9.17, 15) is 13.5 Å². The number of benzene rings is 2. The minimum absolute atomic E-state index is 0.0740. The minimum atomic E-state index is -4.36. The molecule has 104 valence electrons. The minimum Gasteiger partial charge on any atom is -0.506 e. The van der Waals surface area contributed by atoms with Gasteiger partial charge in [0, 0.05) is 5.02 Å². The molecule has 0 aliphatic carbocycles. The van der Waals surface area contributed by atoms with Gasteiger partial charge in [-0.1, -0.05) is 11.6 Å². The highest BCUT2D eigenvalue weighted by Crippen LogP contribution is 2.30. The van der Waals surface area contributed by atoms with Crippen LogP contribution >= 0.6 is 11.6 Å². The maximum atomic E-state index is 11.0. The lowest BCUT2D eigenvalue weighted by atomic mass is 10.3. The molecule has 2 N–H and O–H groups in total. The average molecular weight is 313 g/mol. The van der Waals surface area contributed by atoms with Gasteiger partial charge in [-0.15, -0.1) is 5.11 Å². The largest absolute Gasteiger partial charge is 0.506 e. The predicted molar refractivity (Wildman–Crippen MR) is 73.5 cm³/mol. The van der Waals surface area contributed by atoms with Crippen molar-refractivity contribution in [1.29, 1.82) is 0 Å². The Hall–Kier alpha value is -1.96. The molecule has 0 amide bonds. The molecule has 2 aromatic rings. The Morgan fingerprint density at radius 2 is 1.65 bits per heavy atom. The second kappa shape index (κ2) is 5.58. The molecule has 0 heterocycles. The molecule has 0 radical (unpaired) electrons. The third kappa shape index (κ3) is 3.53. The number of azo groups is 1. The van der Waals surface area contributed by atoms with Crippen LogP contribution in [0.1, 0.15) is 0 Å². The van der Waals surface area contributed by atoms with Crippen molar-refractivity contribution in [2.45, 2.75) is 4.90 Å². The second-order valence-corrected chi connectivity index (χ2v) is 5.66. The normalized spacial score (nSPS) is 11.9. The van der Waals surface area contributed by atoms with Gasteiger partial charge in [-0.3, -0.25) is 4.55 Å². The number of hydrogen-bond acceptors (Lipinski definition) is 5. The molecule has 0 saturated carbocycles. The topological polar surface area (TPSA) is 99.3 Å². The van der Waals surface area contributed by atoms with E-state index in [0.717, 1.165) is 18.2 Å². The van der Waals surface area contributed by atoms with Crippen molar-refractivity contribution in [2.24, 2.45) is 10.2 Å². The van der Waals surface area contributed by atoms with Crippen LogP contribution in [0.5, 0.6) is 5.75 Å². The lowest BCUT2D eigenvalue weighted by molar-refractivity contribution is 0.473. The Morgan fingerprint density at radius 3 is 2.25 bits per heavy atom. The lowest BCUT2D eigenvalue weighted by Crippen LogP contribution is -1.96. The Morgan fingerprint density at radius 1 is 1.00 bits per heavy atom. The summed E-state index contributed by atoms with van der Waals surface area (Å²) in [4.78, 5) is -0.375. The van der Waals surface area contributed by atoms with Gasteiger partial charge in [0.05, 0.1) is 10.6 Å². The monoisotopic (exact) mass is 312 g/mol. The van der Waals surface area contributed by atoms with Crippen LogP contribution in [0.2, 0.25) is 5.02 Å². The molecule has 8 heteroatoms. The van der Waals surface area contributed by atoms with Crippen molar-refractivity contribution in [3.05, 3.63) is 47.5 Å². The van der Waals surface area contributed by atoms with E-state index >= 15 is 0 Å². The molecule has 20 heavy (non-hydrogen) atoms. The first-order valence-electron chi connectivity index (χ1n) is 5.34. The van der Waals surface area contributed by atoms with Crippen molar-refractivity contribution in [3.63, 3.8) is 0 Å². The van der Waals surface area contributed by atoms with E-state index in [0.29, 0.717) is 10.7 Å². The average Bonchev–Trinajstić information content (AvgIpc) is 2.38. The third-order valence-corrected chi connectivity index (χ3v) is 3.45. The van der Waals surface area contributed by atoms with Crippen molar-refractivity contribution in [1.82, 2.24) is 0 Å². The van der Waals surface area contributed by atoms with Gasteiger partial charge in [0.25, 0.3) is 10.1 Å². The molecule has 0 atom stereocenters. The van der Waals surface area contributed by atoms with Crippen molar-refractivity contribution in [3.8, 4) is 5.75 Å². The molecule has 0 fully saturated rings. The summed E-state index contributed by atoms with van der Waals surface area (Å²) in [6.45, 7) is 0. The van der Waals surface area contributed by atoms with Crippen molar-refractivity contribution >= 4 is 33.1 Å². The summed E-state index contributed by atoms with van der Waals surface area (Å²) >= 11 is 5.72. The van der Waals surface area contributed by atoms with Gasteiger partial charge in [-0.05, 0) is 42.5 Å². The highest BCUT2D eigenvalue weighted by molar-refractivity contribution is 7.85. The zero-order valence-electron chi connectivity index (χ0n) is 9.93. The summed E-state index contributed by atoms with van der Waals surface area (Å²) in [7, 11) is -4.36. The van der Waals surface area contributed by atoms with Crippen LogP contribution in [0.25, 0.3) is 0 Å². The van der Waals surface area contributed by atoms with Crippen LogP contribution in [0.3, 0.4) is 0 Å². The fourth-order valence-corrected chi connectivity index (χ4v) is 1.99. The fourth-order valence-electron chi connectivity index (χ4n) is 1.36. The molecule has 2 aromatic carbocycles. The molecule has 0 bridgehead atoms. The Kier molecular flexibility index (Phi) is 4.03. The lowest BCUT2D eigenvalue weighted by Gasteiger charge is -2.01. The summed E-state index contributed by atoms with van der Waals surface area (Å²) in [5.74, 6) is -0.255. The van der Waals surface area contributed by atoms with Gasteiger partial charge < -0.3 is 5.11 Å². The molecule has 0 aliphatic rings. The molecule has 0 spiro atoms. The smallest absolute Gasteiger partial charge is 0.294 e. The molecule has 0 aromatic heterocycles. The van der Waals surface area contributed by atoms with E-state index in [1.54, 1.807) is 24.3 Å². The van der Waals surface area contributed by atoms with Crippen LogP contribution < -0.4 is 0 Å². The van der Waals surface area contributed by atoms with Crippen LogP contribution in [0, 0.1) is 0 Å². The van der Waals surface area contributed by atoms with Gasteiger partial charge in [0.15, 0.2) is 0 Å². The molecular formula is C12H9ClN2O4S. The maximum absolute atomic E-state index is 11.0. The van der Waals surface area contributed by atoms with Crippen LogP contribution in [-0.2, 0) is 10.1 Å². The van der Waals surface area contributed by atoms with E-state index < -0.39 is 10.1 Å². The summed E-state index contributed by atoms with van der Waals surface area (Å²) in [5.41, 5.74) is 0.404. The molecular weight excluding hydrogens is 304 g/mol. The second-order valence-electron chi connectivity index (χ2n) is 3.80. The third-order valence-electron chi connectivity index (χ3n) is 2.34. The van der Waals surface area contributed by atoms with E-state index in [-0.39, 0.29) is 16.3 Å². The van der Waals surface area contributed by atoms with Crippen LogP contribution in [0.15, 0.2) is 57.6 Å². The maximum Gasteiger partial charge on any atom is 0.294 e. The number of nitrogens with zero attached hydrogens (tertiary/aromatic N) is 2. The number of phenolic OH excluding ortho intramolecular Hbond substituents is 1. The summed E-state index contributed by atoms with van der Waals surface area (Å²) in [5, 5.41) is 17.7. The van der Waals surface area contributed by atoms with Crippen LogP contribution in [-0.4, -0.2) is 18.1 Å². The first-order chi connectivity index (χ1) is 9.36. The summed E-state index contributed by atoms with van der Waals surface area (Å²) < 4.78 is 30.9. The van der Waals surface area contributed by atoms with Gasteiger partial charge in [-0.2, -0.15) is 13.5 Å². The first-order valence-corrected chi connectivity index (χ1v) is 7.16. The number of hydrogen-bond donors (Lipinski definition) is 2. The van der Waals surface area contributed by atoms with Gasteiger partial charge in [0.1, 0.15) is 11.4 Å². The van der Waals surface area contributed by atoms with E-state index in [4.69, 9.17) is 16.2 Å². The van der Waals surface area contributed by atoms with Crippen molar-refractivity contribution in [2.75, 3.05) is 0 Å². The quantitative estimate of drug-likeness (QED) is 0.666. The number of halogens is 1. The predicted octanol–water partition coefficient (Wildman–Crippen LogP) is 3.71. The standard InChI is InChI=1S/C12H9ClN2O4S/c13-8-1-3-9(4-2-8)14-15-11-7-10(20(17,18)19)5-6-12(11)16/h1-7,16H,(H,17,18,19). The Balaban J connectivity index is 2.35. The number of aromatic hydroxyl groups is 1. The Bertz CT molecular complexity index is 758. The van der Waals surface area contributed by atoms with Gasteiger partial charge in [-0.25, -0.2) is 0 Å². The summed E-state index contributed by atoms with van der Waals surface area (Å²) in [6, 6.07) is 9.63. The first kappa shape index (κ1) is 14.4. The molecule has 0 saturated heterocycles. The van der Waals surface area contributed by atoms with Gasteiger partial charge in [0.2, 0.25) is 0 Å². The zero-order valence-corrected chi connectivity index (χ0v) is 11.5. The summed E-state index contributed by atoms with van der Waals surface area (Å²) in [6.07, 6.45) is 0. The van der Waals surface area contributed by atoms with E-state index in [1.165, 1.54) is 0 Å². The highest BCUT2D eigenvalue weighted by Gasteiger charge is 2.12. The van der Waals surface area contributed by atoms with Crippen molar-refractivity contribution < 1.29 is 18.1 Å². The Labute approximate surface area is 120 Å². The molecule has 0 aliphatic heterocycles. The SMILES string of the molecule is O=S(=O)(O)c1ccc(O)c(N=Nc2ccc(Cl)cc2)c1. The van der Waals surface area contributed by atoms with E-state index in [2.05, 4.69) is 10.2 Å². The molecule has 0 unspecified atom stereocenters. The number of phenols is 1. The highest BCUT2D eigenvalue weighted by atomic mass is 35.5. The fraction of sp³-hybridized carbons (Fsp3) is 0. The molecule has 6 nitrogen and oxygen atoms in total. The van der Waals surface area contributed by atoms with Gasteiger partial charge >= 0.3 is 0 Å². The molecule has 2 rings (SSSR count). The zero-order chi connectivity index (χ0) is 14.8. The van der Waals surface area contributed by atoms with Crippen LogP contribution in [0.4, 0.5) is 11.4 Å².